The molecule has 5 nitrogen and oxygen atoms in total. The van der Waals surface area contributed by atoms with Crippen LogP contribution in [0.5, 0.6) is 11.6 Å². The van der Waals surface area contributed by atoms with Gasteiger partial charge < -0.3 is 14.7 Å². The van der Waals surface area contributed by atoms with Gasteiger partial charge in [0.2, 0.25) is 5.88 Å². The Hall–Kier alpha value is -3.41. The van der Waals surface area contributed by atoms with Crippen molar-refractivity contribution in [3.63, 3.8) is 0 Å². The molecule has 1 N–H and O–H groups in total. The molecular weight excluding hydrogens is 371 g/mol. The van der Waals surface area contributed by atoms with Crippen LogP contribution in [0.3, 0.4) is 0 Å². The maximum atomic E-state index is 13.7. The van der Waals surface area contributed by atoms with Crippen molar-refractivity contribution < 1.29 is 19.0 Å². The van der Waals surface area contributed by atoms with Gasteiger partial charge in [-0.05, 0) is 60.4 Å². The first-order chi connectivity index (χ1) is 14.0. The summed E-state index contributed by atoms with van der Waals surface area (Å²) in [5, 5.41) is 9.74. The number of carbonyl (C=O) groups excluding carboxylic acids is 1. The van der Waals surface area contributed by atoms with Gasteiger partial charge in [-0.25, -0.2) is 9.37 Å². The van der Waals surface area contributed by atoms with Gasteiger partial charge in [0.15, 0.2) is 0 Å². The lowest BCUT2D eigenvalue weighted by Gasteiger charge is -2.36. The summed E-state index contributed by atoms with van der Waals surface area (Å²) in [6, 6.07) is 14.3. The number of pyridine rings is 1. The zero-order chi connectivity index (χ0) is 20.4. The van der Waals surface area contributed by atoms with Crippen molar-refractivity contribution in [3.8, 4) is 11.6 Å². The molecule has 0 bridgehead atoms. The van der Waals surface area contributed by atoms with Gasteiger partial charge >= 0.3 is 0 Å². The molecule has 0 spiro atoms. The second-order valence-electron chi connectivity index (χ2n) is 7.24. The van der Waals surface area contributed by atoms with Gasteiger partial charge in [-0.15, -0.1) is 0 Å². The average Bonchev–Trinajstić information content (AvgIpc) is 2.72. The van der Waals surface area contributed by atoms with Crippen LogP contribution in [0.1, 0.15) is 27.0 Å². The van der Waals surface area contributed by atoms with Crippen LogP contribution >= 0.6 is 0 Å². The average molecular weight is 392 g/mol. The van der Waals surface area contributed by atoms with Crippen molar-refractivity contribution in [1.82, 2.24) is 9.88 Å². The lowest BCUT2D eigenvalue weighted by Crippen LogP contribution is -2.47. The number of rotatable bonds is 4. The van der Waals surface area contributed by atoms with Gasteiger partial charge in [-0.3, -0.25) is 4.79 Å². The molecule has 0 saturated carbocycles. The number of aryl methyl sites for hydroxylation is 1. The van der Waals surface area contributed by atoms with Crippen LogP contribution in [0, 0.1) is 12.7 Å². The molecule has 0 fully saturated rings. The molecule has 148 valence electrons. The third-order valence-corrected chi connectivity index (χ3v) is 5.07. The smallest absolute Gasteiger partial charge is 0.254 e. The Morgan fingerprint density at radius 3 is 2.83 bits per heavy atom. The molecule has 3 aromatic rings. The standard InChI is InChI=1S/C23H21FN2O3/c1-15-5-8-22(25-12-15)29-14-20-10-18-9-19(24)7-6-17(18)13-26(20)23(28)16-3-2-4-21(27)11-16/h2-9,11-12,20,27H,10,13-14H2,1H3. The second-order valence-corrected chi connectivity index (χ2v) is 7.24. The highest BCUT2D eigenvalue weighted by atomic mass is 19.1. The Bertz CT molecular complexity index is 1040. The molecule has 1 aliphatic heterocycles. The first kappa shape index (κ1) is 18.9. The van der Waals surface area contributed by atoms with Gasteiger partial charge in [0.05, 0.1) is 6.04 Å². The molecule has 1 amide bonds. The minimum Gasteiger partial charge on any atom is -0.508 e. The van der Waals surface area contributed by atoms with E-state index in [4.69, 9.17) is 4.74 Å². The number of fused-ring (bicyclic) bond motifs is 1. The number of hydrogen-bond acceptors (Lipinski definition) is 4. The quantitative estimate of drug-likeness (QED) is 0.732. The van der Waals surface area contributed by atoms with Gasteiger partial charge in [0, 0.05) is 24.4 Å². The van der Waals surface area contributed by atoms with E-state index in [-0.39, 0.29) is 30.1 Å². The SMILES string of the molecule is Cc1ccc(OCC2Cc3cc(F)ccc3CN2C(=O)c2cccc(O)c2)nc1. The fraction of sp³-hybridized carbons (Fsp3) is 0.217. The highest BCUT2D eigenvalue weighted by Gasteiger charge is 2.31. The summed E-state index contributed by atoms with van der Waals surface area (Å²) in [6.45, 7) is 2.52. The predicted octanol–water partition coefficient (Wildman–Crippen LogP) is 3.88. The minimum absolute atomic E-state index is 0.0342. The van der Waals surface area contributed by atoms with Gasteiger partial charge in [0.1, 0.15) is 18.2 Å². The van der Waals surface area contributed by atoms with Crippen LogP contribution in [-0.2, 0) is 13.0 Å². The van der Waals surface area contributed by atoms with E-state index in [1.165, 1.54) is 24.3 Å². The summed E-state index contributed by atoms with van der Waals surface area (Å²) in [5.41, 5.74) is 3.20. The molecule has 0 saturated heterocycles. The lowest BCUT2D eigenvalue weighted by atomic mass is 9.93. The number of hydrogen-bond donors (Lipinski definition) is 1. The van der Waals surface area contributed by atoms with Crippen molar-refractivity contribution in [3.05, 3.63) is 88.9 Å². The van der Waals surface area contributed by atoms with E-state index < -0.39 is 0 Å². The van der Waals surface area contributed by atoms with E-state index in [0.717, 1.165) is 16.7 Å². The maximum Gasteiger partial charge on any atom is 0.254 e. The highest BCUT2D eigenvalue weighted by Crippen LogP contribution is 2.27. The third kappa shape index (κ3) is 4.21. The zero-order valence-electron chi connectivity index (χ0n) is 16.0. The highest BCUT2D eigenvalue weighted by molar-refractivity contribution is 5.95. The normalized spacial score (nSPS) is 15.7. The van der Waals surface area contributed by atoms with Gasteiger partial charge in [-0.2, -0.15) is 0 Å². The van der Waals surface area contributed by atoms with Crippen LogP contribution in [0.25, 0.3) is 0 Å². The van der Waals surface area contributed by atoms with E-state index in [2.05, 4.69) is 4.98 Å². The number of ether oxygens (including phenoxy) is 1. The number of carbonyl (C=O) groups is 1. The first-order valence-electron chi connectivity index (χ1n) is 9.42. The third-order valence-electron chi connectivity index (χ3n) is 5.07. The second kappa shape index (κ2) is 7.91. The van der Waals surface area contributed by atoms with Gasteiger partial charge in [0.25, 0.3) is 5.91 Å². The minimum atomic E-state index is -0.295. The van der Waals surface area contributed by atoms with E-state index in [9.17, 15) is 14.3 Å². The van der Waals surface area contributed by atoms with E-state index in [0.29, 0.717) is 24.4 Å². The lowest BCUT2D eigenvalue weighted by molar-refractivity contribution is 0.0562. The maximum absolute atomic E-state index is 13.7. The molecule has 0 aliphatic carbocycles. The van der Waals surface area contributed by atoms with Gasteiger partial charge in [-0.1, -0.05) is 18.2 Å². The number of halogens is 1. The molecule has 1 aromatic heterocycles. The van der Waals surface area contributed by atoms with Crippen molar-refractivity contribution in [1.29, 1.82) is 0 Å². The number of benzene rings is 2. The van der Waals surface area contributed by atoms with Crippen molar-refractivity contribution in [2.24, 2.45) is 0 Å². The van der Waals surface area contributed by atoms with Crippen molar-refractivity contribution >= 4 is 5.91 Å². The Morgan fingerprint density at radius 2 is 2.07 bits per heavy atom. The van der Waals surface area contributed by atoms with Crippen LogP contribution in [-0.4, -0.2) is 33.5 Å². The summed E-state index contributed by atoms with van der Waals surface area (Å²) < 4.78 is 19.6. The molecule has 1 unspecified atom stereocenters. The number of aromatic hydroxyl groups is 1. The zero-order valence-corrected chi connectivity index (χ0v) is 16.0. The first-order valence-corrected chi connectivity index (χ1v) is 9.42. The molecule has 1 atom stereocenters. The van der Waals surface area contributed by atoms with Crippen LogP contribution in [0.4, 0.5) is 4.39 Å². The Balaban J connectivity index is 1.60. The molecule has 2 aromatic carbocycles. The van der Waals surface area contributed by atoms with Crippen LogP contribution in [0.15, 0.2) is 60.8 Å². The molecule has 6 heteroatoms. The number of amides is 1. The van der Waals surface area contributed by atoms with E-state index in [1.54, 1.807) is 35.4 Å². The molecule has 4 rings (SSSR count). The predicted molar refractivity (Wildman–Crippen MR) is 106 cm³/mol. The number of aromatic nitrogens is 1. The molecule has 0 radical (unpaired) electrons. The van der Waals surface area contributed by atoms with Crippen molar-refractivity contribution in [2.45, 2.75) is 25.9 Å². The fourth-order valence-electron chi connectivity index (χ4n) is 3.53. The molecule has 2 heterocycles. The largest absolute Gasteiger partial charge is 0.508 e. The Morgan fingerprint density at radius 1 is 1.21 bits per heavy atom. The van der Waals surface area contributed by atoms with E-state index in [1.807, 2.05) is 13.0 Å². The number of phenolic OH excluding ortho intramolecular Hbond substituents is 1. The van der Waals surface area contributed by atoms with E-state index >= 15 is 0 Å². The number of nitrogens with zero attached hydrogens (tertiary/aromatic N) is 2. The molecule has 1 aliphatic rings. The summed E-state index contributed by atoms with van der Waals surface area (Å²) >= 11 is 0. The van der Waals surface area contributed by atoms with Crippen LogP contribution in [0.2, 0.25) is 0 Å². The van der Waals surface area contributed by atoms with Crippen LogP contribution < -0.4 is 4.74 Å². The summed E-state index contributed by atoms with van der Waals surface area (Å²) in [7, 11) is 0. The summed E-state index contributed by atoms with van der Waals surface area (Å²) in [5.74, 6) is 0.00935. The monoisotopic (exact) mass is 392 g/mol. The summed E-state index contributed by atoms with van der Waals surface area (Å²) in [6.07, 6.45) is 2.19. The topological polar surface area (TPSA) is 62.7 Å². The molecular formula is C23H21FN2O3. The Kier molecular flexibility index (Phi) is 5.16. The number of phenols is 1. The Labute approximate surface area is 168 Å². The summed E-state index contributed by atoms with van der Waals surface area (Å²) in [4.78, 5) is 19.1. The fourth-order valence-corrected chi connectivity index (χ4v) is 3.53. The molecule has 29 heavy (non-hydrogen) atoms. The van der Waals surface area contributed by atoms with Crippen molar-refractivity contribution in [2.75, 3.05) is 6.61 Å².